The van der Waals surface area contributed by atoms with Gasteiger partial charge in [-0.05, 0) is 24.5 Å². The average molecular weight is 317 g/mol. The molecule has 0 aliphatic rings. The maximum Gasteiger partial charge on any atom is 0.313 e. The van der Waals surface area contributed by atoms with Crippen LogP contribution in [0.2, 0.25) is 5.02 Å². The van der Waals surface area contributed by atoms with Gasteiger partial charge in [-0.1, -0.05) is 31.5 Å². The number of aliphatic hydroxyl groups excluding tert-OH is 1. The molecule has 1 atom stereocenters. The SMILES string of the molecule is CC(C)C(CCO)NC(=O)C(=O)Nc1cccc(Cl)c1F. The number of anilines is 1. The Bertz CT molecular complexity index is 523. The summed E-state index contributed by atoms with van der Waals surface area (Å²) in [7, 11) is 0. The van der Waals surface area contributed by atoms with Crippen LogP contribution in [0, 0.1) is 11.7 Å². The molecule has 0 bridgehead atoms. The van der Waals surface area contributed by atoms with Gasteiger partial charge in [0.2, 0.25) is 0 Å². The van der Waals surface area contributed by atoms with E-state index in [0.717, 1.165) is 0 Å². The number of amides is 2. The van der Waals surface area contributed by atoms with E-state index < -0.39 is 17.6 Å². The van der Waals surface area contributed by atoms with Gasteiger partial charge in [0, 0.05) is 12.6 Å². The molecule has 1 aromatic rings. The minimum absolute atomic E-state index is 0.0526. The molecule has 0 aliphatic carbocycles. The molecule has 2 amide bonds. The zero-order valence-corrected chi connectivity index (χ0v) is 12.6. The van der Waals surface area contributed by atoms with Crippen LogP contribution in [0.15, 0.2) is 18.2 Å². The zero-order chi connectivity index (χ0) is 16.0. The van der Waals surface area contributed by atoms with Crippen molar-refractivity contribution in [1.82, 2.24) is 5.32 Å². The molecule has 116 valence electrons. The molecule has 1 aromatic carbocycles. The van der Waals surface area contributed by atoms with Gasteiger partial charge < -0.3 is 15.7 Å². The van der Waals surface area contributed by atoms with Crippen molar-refractivity contribution in [3.8, 4) is 0 Å². The van der Waals surface area contributed by atoms with Gasteiger partial charge in [-0.15, -0.1) is 0 Å². The van der Waals surface area contributed by atoms with E-state index >= 15 is 0 Å². The van der Waals surface area contributed by atoms with Gasteiger partial charge in [0.1, 0.15) is 0 Å². The first-order chi connectivity index (χ1) is 9.86. The van der Waals surface area contributed by atoms with Gasteiger partial charge in [-0.2, -0.15) is 0 Å². The van der Waals surface area contributed by atoms with Crippen LogP contribution in [0.3, 0.4) is 0 Å². The summed E-state index contributed by atoms with van der Waals surface area (Å²) in [5, 5.41) is 13.4. The highest BCUT2D eigenvalue weighted by atomic mass is 35.5. The van der Waals surface area contributed by atoms with E-state index in [4.69, 9.17) is 16.7 Å². The monoisotopic (exact) mass is 316 g/mol. The fourth-order valence-corrected chi connectivity index (χ4v) is 1.90. The number of aliphatic hydroxyl groups is 1. The van der Waals surface area contributed by atoms with Crippen molar-refractivity contribution in [2.75, 3.05) is 11.9 Å². The van der Waals surface area contributed by atoms with Crippen molar-refractivity contribution >= 4 is 29.1 Å². The lowest BCUT2D eigenvalue weighted by atomic mass is 10.0. The van der Waals surface area contributed by atoms with Crippen molar-refractivity contribution in [3.05, 3.63) is 29.0 Å². The lowest BCUT2D eigenvalue weighted by Crippen LogP contribution is -2.44. The smallest absolute Gasteiger partial charge is 0.313 e. The van der Waals surface area contributed by atoms with E-state index in [-0.39, 0.29) is 29.3 Å². The molecular weight excluding hydrogens is 299 g/mol. The third-order valence-corrected chi connectivity index (χ3v) is 3.26. The Morgan fingerprint density at radius 2 is 2.00 bits per heavy atom. The lowest BCUT2D eigenvalue weighted by molar-refractivity contribution is -0.136. The Hall–Kier alpha value is -1.66. The first-order valence-electron chi connectivity index (χ1n) is 6.53. The number of halogens is 2. The normalized spacial score (nSPS) is 12.1. The Labute approximate surface area is 127 Å². The molecule has 7 heteroatoms. The van der Waals surface area contributed by atoms with Gasteiger partial charge >= 0.3 is 11.8 Å². The van der Waals surface area contributed by atoms with Crippen LogP contribution in [0.1, 0.15) is 20.3 Å². The minimum Gasteiger partial charge on any atom is -0.396 e. The van der Waals surface area contributed by atoms with Crippen LogP contribution in [0.25, 0.3) is 0 Å². The molecule has 0 saturated carbocycles. The van der Waals surface area contributed by atoms with E-state index in [2.05, 4.69) is 10.6 Å². The largest absolute Gasteiger partial charge is 0.396 e. The second-order valence-electron chi connectivity index (χ2n) is 4.89. The number of rotatable bonds is 5. The third kappa shape index (κ3) is 4.99. The number of carbonyl (C=O) groups is 2. The summed E-state index contributed by atoms with van der Waals surface area (Å²) in [5.74, 6) is -2.62. The van der Waals surface area contributed by atoms with Gasteiger partial charge in [-0.3, -0.25) is 9.59 Å². The minimum atomic E-state index is -0.986. The first kappa shape index (κ1) is 17.4. The molecule has 0 aromatic heterocycles. The van der Waals surface area contributed by atoms with Crippen LogP contribution in [0.5, 0.6) is 0 Å². The van der Waals surface area contributed by atoms with Crippen molar-refractivity contribution in [1.29, 1.82) is 0 Å². The molecule has 21 heavy (non-hydrogen) atoms. The first-order valence-corrected chi connectivity index (χ1v) is 6.91. The van der Waals surface area contributed by atoms with Crippen molar-refractivity contribution < 1.29 is 19.1 Å². The van der Waals surface area contributed by atoms with Crippen LogP contribution in [0.4, 0.5) is 10.1 Å². The highest BCUT2D eigenvalue weighted by Gasteiger charge is 2.21. The van der Waals surface area contributed by atoms with Crippen molar-refractivity contribution in [2.45, 2.75) is 26.3 Å². The van der Waals surface area contributed by atoms with Gasteiger partial charge in [-0.25, -0.2) is 4.39 Å². The predicted molar refractivity (Wildman–Crippen MR) is 78.5 cm³/mol. The molecule has 0 radical (unpaired) electrons. The summed E-state index contributed by atoms with van der Waals surface area (Å²) in [4.78, 5) is 23.5. The summed E-state index contributed by atoms with van der Waals surface area (Å²) in [6.07, 6.45) is 0.336. The summed E-state index contributed by atoms with van der Waals surface area (Å²) < 4.78 is 13.6. The maximum atomic E-state index is 13.6. The third-order valence-electron chi connectivity index (χ3n) is 2.97. The average Bonchev–Trinajstić information content (AvgIpc) is 2.43. The van der Waals surface area contributed by atoms with Gasteiger partial charge in [0.05, 0.1) is 10.7 Å². The Morgan fingerprint density at radius 3 is 2.57 bits per heavy atom. The van der Waals surface area contributed by atoms with Crippen molar-refractivity contribution in [2.24, 2.45) is 5.92 Å². The quantitative estimate of drug-likeness (QED) is 0.726. The van der Waals surface area contributed by atoms with E-state index in [1.54, 1.807) is 0 Å². The fourth-order valence-electron chi connectivity index (χ4n) is 1.72. The standard InChI is InChI=1S/C14H18ClFN2O3/c1-8(2)10(6-7-19)17-13(20)14(21)18-11-5-3-4-9(15)12(11)16/h3-5,8,10,19H,6-7H2,1-2H3,(H,17,20)(H,18,21). The molecule has 0 aliphatic heterocycles. The molecule has 3 N–H and O–H groups in total. The van der Waals surface area contributed by atoms with Gasteiger partial charge in [0.15, 0.2) is 5.82 Å². The van der Waals surface area contributed by atoms with Crippen LogP contribution < -0.4 is 10.6 Å². The van der Waals surface area contributed by atoms with Crippen LogP contribution >= 0.6 is 11.6 Å². The zero-order valence-electron chi connectivity index (χ0n) is 11.8. The van der Waals surface area contributed by atoms with Gasteiger partial charge in [0.25, 0.3) is 0 Å². The predicted octanol–water partition coefficient (Wildman–Crippen LogP) is 1.94. The number of carbonyl (C=O) groups excluding carboxylic acids is 2. The summed E-state index contributed by atoms with van der Waals surface area (Å²) in [6.45, 7) is 3.61. The van der Waals surface area contributed by atoms with E-state index in [1.165, 1.54) is 18.2 Å². The summed E-state index contributed by atoms with van der Waals surface area (Å²) in [6, 6.07) is 3.77. The Balaban J connectivity index is 2.70. The van der Waals surface area contributed by atoms with Crippen LogP contribution in [-0.4, -0.2) is 29.6 Å². The summed E-state index contributed by atoms with van der Waals surface area (Å²) in [5.41, 5.74) is -0.161. The van der Waals surface area contributed by atoms with E-state index in [9.17, 15) is 14.0 Å². The molecule has 0 heterocycles. The molecule has 0 spiro atoms. The molecule has 1 rings (SSSR count). The summed E-state index contributed by atoms with van der Waals surface area (Å²) >= 11 is 5.59. The molecule has 0 saturated heterocycles. The topological polar surface area (TPSA) is 78.4 Å². The molecule has 0 fully saturated rings. The molecular formula is C14H18ClFN2O3. The highest BCUT2D eigenvalue weighted by molar-refractivity contribution is 6.40. The van der Waals surface area contributed by atoms with Crippen molar-refractivity contribution in [3.63, 3.8) is 0 Å². The number of benzene rings is 1. The van der Waals surface area contributed by atoms with Crippen LogP contribution in [-0.2, 0) is 9.59 Å². The second kappa shape index (κ2) is 7.95. The molecule has 1 unspecified atom stereocenters. The number of nitrogens with one attached hydrogen (secondary N) is 2. The van der Waals surface area contributed by atoms with E-state index in [0.29, 0.717) is 6.42 Å². The lowest BCUT2D eigenvalue weighted by Gasteiger charge is -2.21. The molecule has 5 nitrogen and oxygen atoms in total. The second-order valence-corrected chi connectivity index (χ2v) is 5.30. The Morgan fingerprint density at radius 1 is 1.33 bits per heavy atom. The maximum absolute atomic E-state index is 13.6. The number of hydrogen-bond acceptors (Lipinski definition) is 3. The van der Waals surface area contributed by atoms with E-state index in [1.807, 2.05) is 13.8 Å². The fraction of sp³-hybridized carbons (Fsp3) is 0.429. The highest BCUT2D eigenvalue weighted by Crippen LogP contribution is 2.21. The number of hydrogen-bond donors (Lipinski definition) is 3. The Kier molecular flexibility index (Phi) is 6.58.